The molecule has 0 aliphatic carbocycles. The Morgan fingerprint density at radius 3 is 2.50 bits per heavy atom. The van der Waals surface area contributed by atoms with Crippen molar-refractivity contribution in [3.8, 4) is 10.6 Å². The highest BCUT2D eigenvalue weighted by Crippen LogP contribution is 2.28. The van der Waals surface area contributed by atoms with E-state index in [0.717, 1.165) is 22.5 Å². The summed E-state index contributed by atoms with van der Waals surface area (Å²) in [5.74, 6) is -1.37. The van der Waals surface area contributed by atoms with Crippen LogP contribution in [0.1, 0.15) is 26.5 Å². The number of nitrogens with one attached hydrogen (secondary N) is 1. The van der Waals surface area contributed by atoms with Crippen LogP contribution in [-0.4, -0.2) is 23.5 Å². The van der Waals surface area contributed by atoms with Gasteiger partial charge in [-0.1, -0.05) is 17.7 Å². The number of halogens is 1. The maximum atomic E-state index is 13.1. The van der Waals surface area contributed by atoms with Gasteiger partial charge in [-0.3, -0.25) is 4.79 Å². The van der Waals surface area contributed by atoms with Gasteiger partial charge in [0.1, 0.15) is 15.7 Å². The lowest BCUT2D eigenvalue weighted by atomic mass is 10.1. The first-order chi connectivity index (χ1) is 13.3. The summed E-state index contributed by atoms with van der Waals surface area (Å²) in [4.78, 5) is 29.1. The van der Waals surface area contributed by atoms with Crippen LogP contribution in [0.5, 0.6) is 0 Å². The normalized spacial score (nSPS) is 10.6. The molecule has 3 rings (SSSR count). The number of anilines is 1. The van der Waals surface area contributed by atoms with E-state index in [9.17, 15) is 14.0 Å². The van der Waals surface area contributed by atoms with Crippen LogP contribution < -0.4 is 5.32 Å². The number of aromatic nitrogens is 1. The number of hydrogen-bond donors (Lipinski definition) is 1. The summed E-state index contributed by atoms with van der Waals surface area (Å²) in [6.07, 6.45) is 0. The number of amides is 1. The lowest BCUT2D eigenvalue weighted by molar-refractivity contribution is -0.119. The van der Waals surface area contributed by atoms with Gasteiger partial charge in [0.05, 0.1) is 5.69 Å². The number of thiazole rings is 1. The molecule has 1 amide bonds. The van der Waals surface area contributed by atoms with Gasteiger partial charge in [-0.15, -0.1) is 11.3 Å². The second-order valence-electron chi connectivity index (χ2n) is 6.38. The third-order valence-corrected chi connectivity index (χ3v) is 5.25. The molecule has 0 aliphatic heterocycles. The SMILES string of the molecule is Cc1ccc(NC(=O)COC(=O)c2sc(-c3ccc(F)cc3)nc2C)c(C)c1. The van der Waals surface area contributed by atoms with E-state index in [1.165, 1.54) is 12.1 Å². The average Bonchev–Trinajstić information content (AvgIpc) is 3.04. The van der Waals surface area contributed by atoms with Crippen LogP contribution in [0.3, 0.4) is 0 Å². The number of benzene rings is 2. The monoisotopic (exact) mass is 398 g/mol. The number of carbonyl (C=O) groups excluding carboxylic acids is 2. The molecule has 28 heavy (non-hydrogen) atoms. The second kappa shape index (κ2) is 8.31. The highest BCUT2D eigenvalue weighted by atomic mass is 32.1. The zero-order chi connectivity index (χ0) is 20.3. The smallest absolute Gasteiger partial charge is 0.350 e. The average molecular weight is 398 g/mol. The Balaban J connectivity index is 1.63. The number of hydrogen-bond acceptors (Lipinski definition) is 5. The standard InChI is InChI=1S/C21H19FN2O3S/c1-12-4-9-17(13(2)10-12)24-18(25)11-27-21(26)19-14(3)23-20(28-19)15-5-7-16(22)8-6-15/h4-10H,11H2,1-3H3,(H,24,25). The zero-order valence-electron chi connectivity index (χ0n) is 15.7. The molecular weight excluding hydrogens is 379 g/mol. The van der Waals surface area contributed by atoms with Crippen molar-refractivity contribution in [2.45, 2.75) is 20.8 Å². The molecule has 0 atom stereocenters. The zero-order valence-corrected chi connectivity index (χ0v) is 16.5. The fraction of sp³-hybridized carbons (Fsp3) is 0.190. The molecule has 1 aromatic heterocycles. The largest absolute Gasteiger partial charge is 0.451 e. The molecule has 0 aliphatic rings. The molecule has 3 aromatic rings. The Hall–Kier alpha value is -3.06. The van der Waals surface area contributed by atoms with Crippen molar-refractivity contribution in [1.29, 1.82) is 0 Å². The molecule has 1 heterocycles. The molecule has 144 valence electrons. The minimum Gasteiger partial charge on any atom is -0.451 e. The van der Waals surface area contributed by atoms with Crippen molar-refractivity contribution in [2.24, 2.45) is 0 Å². The van der Waals surface area contributed by atoms with Crippen LogP contribution in [0.2, 0.25) is 0 Å². The first-order valence-corrected chi connectivity index (χ1v) is 9.42. The van der Waals surface area contributed by atoms with Gasteiger partial charge in [0.2, 0.25) is 0 Å². The van der Waals surface area contributed by atoms with E-state index in [1.54, 1.807) is 19.1 Å². The quantitative estimate of drug-likeness (QED) is 0.634. The Morgan fingerprint density at radius 2 is 1.82 bits per heavy atom. The molecule has 0 saturated heterocycles. The first-order valence-electron chi connectivity index (χ1n) is 8.61. The van der Waals surface area contributed by atoms with Gasteiger partial charge >= 0.3 is 5.97 Å². The molecule has 0 spiro atoms. The van der Waals surface area contributed by atoms with Crippen molar-refractivity contribution < 1.29 is 18.7 Å². The summed E-state index contributed by atoms with van der Waals surface area (Å²) in [7, 11) is 0. The lowest BCUT2D eigenvalue weighted by Crippen LogP contribution is -2.21. The molecule has 0 radical (unpaired) electrons. The molecule has 1 N–H and O–H groups in total. The van der Waals surface area contributed by atoms with Crippen LogP contribution >= 0.6 is 11.3 Å². The Kier molecular flexibility index (Phi) is 5.84. The van der Waals surface area contributed by atoms with E-state index in [4.69, 9.17) is 4.74 Å². The molecular formula is C21H19FN2O3S. The second-order valence-corrected chi connectivity index (χ2v) is 7.38. The number of ether oxygens (including phenoxy) is 1. The van der Waals surface area contributed by atoms with Crippen LogP contribution in [0.4, 0.5) is 10.1 Å². The summed E-state index contributed by atoms with van der Waals surface area (Å²) < 4.78 is 18.2. The first kappa shape index (κ1) is 19.7. The summed E-state index contributed by atoms with van der Waals surface area (Å²) in [5.41, 5.74) is 3.92. The minimum atomic E-state index is -0.612. The Labute approximate surface area is 166 Å². The lowest BCUT2D eigenvalue weighted by Gasteiger charge is -2.09. The van der Waals surface area contributed by atoms with E-state index in [0.29, 0.717) is 26.8 Å². The maximum absolute atomic E-state index is 13.1. The van der Waals surface area contributed by atoms with Crippen molar-refractivity contribution >= 4 is 28.9 Å². The van der Waals surface area contributed by atoms with E-state index in [2.05, 4.69) is 10.3 Å². The Bertz CT molecular complexity index is 1030. The fourth-order valence-electron chi connectivity index (χ4n) is 2.64. The van der Waals surface area contributed by atoms with Crippen molar-refractivity contribution in [1.82, 2.24) is 4.98 Å². The van der Waals surface area contributed by atoms with Gasteiger partial charge < -0.3 is 10.1 Å². The third-order valence-electron chi connectivity index (χ3n) is 4.06. The summed E-state index contributed by atoms with van der Waals surface area (Å²) in [6, 6.07) is 11.5. The molecule has 0 saturated carbocycles. The van der Waals surface area contributed by atoms with Crippen molar-refractivity contribution in [3.05, 3.63) is 70.0 Å². The summed E-state index contributed by atoms with van der Waals surface area (Å²) in [6.45, 7) is 5.16. The maximum Gasteiger partial charge on any atom is 0.350 e. The molecule has 0 unspecified atom stereocenters. The molecule has 2 aromatic carbocycles. The summed E-state index contributed by atoms with van der Waals surface area (Å²) in [5, 5.41) is 3.32. The Morgan fingerprint density at radius 1 is 1.11 bits per heavy atom. The highest BCUT2D eigenvalue weighted by Gasteiger charge is 2.19. The minimum absolute atomic E-state index is 0.318. The highest BCUT2D eigenvalue weighted by molar-refractivity contribution is 7.17. The van der Waals surface area contributed by atoms with Crippen LogP contribution in [0.15, 0.2) is 42.5 Å². The van der Waals surface area contributed by atoms with Gasteiger partial charge in [0.25, 0.3) is 5.91 Å². The number of aryl methyl sites for hydroxylation is 3. The number of rotatable bonds is 5. The van der Waals surface area contributed by atoms with Crippen molar-refractivity contribution in [2.75, 3.05) is 11.9 Å². The van der Waals surface area contributed by atoms with E-state index in [-0.39, 0.29) is 5.82 Å². The predicted octanol–water partition coefficient (Wildman–Crippen LogP) is 4.67. The third kappa shape index (κ3) is 4.61. The number of nitrogens with zero attached hydrogens (tertiary/aromatic N) is 1. The molecule has 5 nitrogen and oxygen atoms in total. The van der Waals surface area contributed by atoms with Crippen LogP contribution in [0, 0.1) is 26.6 Å². The van der Waals surface area contributed by atoms with Crippen LogP contribution in [-0.2, 0) is 9.53 Å². The molecule has 7 heteroatoms. The van der Waals surface area contributed by atoms with Gasteiger partial charge in [-0.25, -0.2) is 14.2 Å². The topological polar surface area (TPSA) is 68.3 Å². The van der Waals surface area contributed by atoms with Gasteiger partial charge in [0, 0.05) is 11.3 Å². The molecule has 0 bridgehead atoms. The van der Waals surface area contributed by atoms with Crippen molar-refractivity contribution in [3.63, 3.8) is 0 Å². The van der Waals surface area contributed by atoms with Gasteiger partial charge in [-0.2, -0.15) is 0 Å². The fourth-order valence-corrected chi connectivity index (χ4v) is 3.60. The number of esters is 1. The van der Waals surface area contributed by atoms with E-state index < -0.39 is 18.5 Å². The van der Waals surface area contributed by atoms with Crippen LogP contribution in [0.25, 0.3) is 10.6 Å². The van der Waals surface area contributed by atoms with E-state index >= 15 is 0 Å². The molecule has 0 fully saturated rings. The predicted molar refractivity (Wildman–Crippen MR) is 107 cm³/mol. The van der Waals surface area contributed by atoms with Gasteiger partial charge in [-0.05, 0) is 56.7 Å². The number of carbonyl (C=O) groups is 2. The van der Waals surface area contributed by atoms with E-state index in [1.807, 2.05) is 32.0 Å². The van der Waals surface area contributed by atoms with Gasteiger partial charge in [0.15, 0.2) is 6.61 Å². The summed E-state index contributed by atoms with van der Waals surface area (Å²) >= 11 is 1.15.